The van der Waals surface area contributed by atoms with Crippen LogP contribution in [0.15, 0.2) is 46.5 Å². The molecule has 0 radical (unpaired) electrons. The molecule has 0 N–H and O–H groups in total. The molecule has 2 saturated heterocycles. The van der Waals surface area contributed by atoms with E-state index in [2.05, 4.69) is 0 Å². The van der Waals surface area contributed by atoms with E-state index in [1.54, 1.807) is 22.4 Å². The van der Waals surface area contributed by atoms with E-state index >= 15 is 0 Å². The maximum atomic E-state index is 11.9. The van der Waals surface area contributed by atoms with Gasteiger partial charge in [0.05, 0.1) is 13.1 Å². The van der Waals surface area contributed by atoms with Crippen molar-refractivity contribution in [3.63, 3.8) is 0 Å². The molecule has 0 aromatic carbocycles. The van der Waals surface area contributed by atoms with Crippen molar-refractivity contribution in [2.45, 2.75) is 25.7 Å². The Hall–Kier alpha value is -2.46. The monoisotopic (exact) mass is 418 g/mol. The SMILES string of the molecule is O=C1CCC(=O)N1N1C=CC=C(SSC2=CC=CN(N3C(=O)CCC3=O)C2)C1. The van der Waals surface area contributed by atoms with E-state index in [-0.39, 0.29) is 49.3 Å². The molecule has 0 aromatic rings. The van der Waals surface area contributed by atoms with Crippen molar-refractivity contribution in [2.75, 3.05) is 13.1 Å². The summed E-state index contributed by atoms with van der Waals surface area (Å²) in [5, 5.41) is 5.71. The molecular weight excluding hydrogens is 400 g/mol. The first-order valence-electron chi connectivity index (χ1n) is 8.87. The highest BCUT2D eigenvalue weighted by Crippen LogP contribution is 2.39. The number of allylic oxidation sites excluding steroid dienone is 4. The third kappa shape index (κ3) is 3.74. The lowest BCUT2D eigenvalue weighted by molar-refractivity contribution is -0.153. The third-order valence-electron chi connectivity index (χ3n) is 4.54. The van der Waals surface area contributed by atoms with Gasteiger partial charge in [-0.05, 0) is 24.3 Å². The fourth-order valence-corrected chi connectivity index (χ4v) is 5.37. The molecule has 28 heavy (non-hydrogen) atoms. The summed E-state index contributed by atoms with van der Waals surface area (Å²) in [5.41, 5.74) is 0. The lowest BCUT2D eigenvalue weighted by atomic mass is 10.4. The Morgan fingerprint density at radius 3 is 1.32 bits per heavy atom. The number of nitrogens with zero attached hydrogens (tertiary/aromatic N) is 4. The molecular formula is C18H18N4O4S2. The van der Waals surface area contributed by atoms with Crippen LogP contribution in [0.4, 0.5) is 0 Å². The van der Waals surface area contributed by atoms with Gasteiger partial charge < -0.3 is 0 Å². The van der Waals surface area contributed by atoms with Gasteiger partial charge in [-0.25, -0.2) is 0 Å². The molecule has 4 amide bonds. The van der Waals surface area contributed by atoms with E-state index in [9.17, 15) is 19.2 Å². The second-order valence-electron chi connectivity index (χ2n) is 6.51. The molecule has 10 heteroatoms. The highest BCUT2D eigenvalue weighted by molar-refractivity contribution is 8.79. The molecule has 0 unspecified atom stereocenters. The number of hydrogen-bond acceptors (Lipinski definition) is 8. The van der Waals surface area contributed by atoms with Gasteiger partial charge in [0.25, 0.3) is 0 Å². The molecule has 0 bridgehead atoms. The minimum Gasteiger partial charge on any atom is -0.278 e. The van der Waals surface area contributed by atoms with E-state index in [1.807, 2.05) is 24.3 Å². The van der Waals surface area contributed by atoms with E-state index in [0.29, 0.717) is 13.1 Å². The van der Waals surface area contributed by atoms with Crippen LogP contribution >= 0.6 is 21.6 Å². The van der Waals surface area contributed by atoms with E-state index in [1.165, 1.54) is 31.6 Å². The Morgan fingerprint density at radius 1 is 0.607 bits per heavy atom. The Labute approximate surface area is 169 Å². The average molecular weight is 419 g/mol. The molecule has 146 valence electrons. The summed E-state index contributed by atoms with van der Waals surface area (Å²) in [5.74, 6) is -0.706. The molecule has 4 aliphatic heterocycles. The minimum absolute atomic E-state index is 0.177. The fraction of sp³-hybridized carbons (Fsp3) is 0.333. The highest BCUT2D eigenvalue weighted by Gasteiger charge is 2.35. The number of rotatable bonds is 5. The van der Waals surface area contributed by atoms with Crippen LogP contribution in [0.25, 0.3) is 0 Å². The smallest absolute Gasteiger partial charge is 0.248 e. The number of hydrazine groups is 2. The molecule has 2 fully saturated rings. The Kier molecular flexibility index (Phi) is 5.31. The number of carbonyl (C=O) groups excluding carboxylic acids is 4. The lowest BCUT2D eigenvalue weighted by Gasteiger charge is -2.32. The normalized spacial score (nSPS) is 22.6. The first kappa shape index (κ1) is 18.9. The Morgan fingerprint density at radius 2 is 0.964 bits per heavy atom. The molecule has 0 saturated carbocycles. The highest BCUT2D eigenvalue weighted by atomic mass is 33.1. The van der Waals surface area contributed by atoms with Gasteiger partial charge in [0, 0.05) is 47.9 Å². The van der Waals surface area contributed by atoms with Crippen LogP contribution in [-0.4, -0.2) is 56.8 Å². The van der Waals surface area contributed by atoms with E-state index in [0.717, 1.165) is 9.81 Å². The van der Waals surface area contributed by atoms with E-state index < -0.39 is 0 Å². The van der Waals surface area contributed by atoms with Gasteiger partial charge in [0.15, 0.2) is 0 Å². The van der Waals surface area contributed by atoms with Crippen molar-refractivity contribution < 1.29 is 19.2 Å². The number of imide groups is 2. The first-order valence-corrected chi connectivity index (χ1v) is 11.0. The second kappa shape index (κ2) is 7.88. The summed E-state index contributed by atoms with van der Waals surface area (Å²) < 4.78 is 0. The van der Waals surface area contributed by atoms with Crippen LogP contribution in [0.5, 0.6) is 0 Å². The minimum atomic E-state index is -0.177. The topological polar surface area (TPSA) is 81.2 Å². The van der Waals surface area contributed by atoms with E-state index in [4.69, 9.17) is 0 Å². The predicted octanol–water partition coefficient (Wildman–Crippen LogP) is 1.92. The molecule has 8 nitrogen and oxygen atoms in total. The molecule has 4 heterocycles. The molecule has 0 spiro atoms. The van der Waals surface area contributed by atoms with Crippen molar-refractivity contribution in [1.29, 1.82) is 0 Å². The van der Waals surface area contributed by atoms with Crippen molar-refractivity contribution >= 4 is 45.2 Å². The van der Waals surface area contributed by atoms with Gasteiger partial charge in [-0.3, -0.25) is 29.2 Å². The average Bonchev–Trinajstić information content (AvgIpc) is 3.21. The summed E-state index contributed by atoms with van der Waals surface area (Å²) in [6, 6.07) is 0. The first-order chi connectivity index (χ1) is 13.5. The van der Waals surface area contributed by atoms with Gasteiger partial charge in [0.2, 0.25) is 23.6 Å². The predicted molar refractivity (Wildman–Crippen MR) is 105 cm³/mol. The van der Waals surface area contributed by atoms with Gasteiger partial charge in [0.1, 0.15) is 0 Å². The lowest BCUT2D eigenvalue weighted by Crippen LogP contribution is -2.44. The number of amides is 4. The molecule has 4 aliphatic rings. The van der Waals surface area contributed by atoms with Gasteiger partial charge >= 0.3 is 0 Å². The van der Waals surface area contributed by atoms with Gasteiger partial charge in [-0.1, -0.05) is 21.6 Å². The molecule has 0 aliphatic carbocycles. The summed E-state index contributed by atoms with van der Waals surface area (Å²) in [7, 11) is 3.07. The molecule has 4 rings (SSSR count). The van der Waals surface area contributed by atoms with Crippen LogP contribution in [0.2, 0.25) is 0 Å². The third-order valence-corrected chi connectivity index (χ3v) is 7.11. The van der Waals surface area contributed by atoms with Crippen molar-refractivity contribution in [2.24, 2.45) is 0 Å². The summed E-state index contributed by atoms with van der Waals surface area (Å²) in [6.45, 7) is 0.892. The second-order valence-corrected chi connectivity index (χ2v) is 8.89. The summed E-state index contributed by atoms with van der Waals surface area (Å²) in [6.07, 6.45) is 12.0. The van der Waals surface area contributed by atoms with Crippen LogP contribution in [-0.2, 0) is 19.2 Å². The van der Waals surface area contributed by atoms with Gasteiger partial charge in [-0.15, -0.1) is 0 Å². The fourth-order valence-electron chi connectivity index (χ4n) is 3.22. The summed E-state index contributed by atoms with van der Waals surface area (Å²) >= 11 is 0. The van der Waals surface area contributed by atoms with Crippen LogP contribution in [0.3, 0.4) is 0 Å². The Balaban J connectivity index is 1.33. The van der Waals surface area contributed by atoms with Crippen molar-refractivity contribution in [1.82, 2.24) is 20.0 Å². The largest absolute Gasteiger partial charge is 0.278 e. The Bertz CT molecular complexity index is 762. The van der Waals surface area contributed by atoms with Crippen LogP contribution in [0, 0.1) is 0 Å². The maximum Gasteiger partial charge on any atom is 0.248 e. The van der Waals surface area contributed by atoms with Crippen LogP contribution in [0.1, 0.15) is 25.7 Å². The van der Waals surface area contributed by atoms with Gasteiger partial charge in [-0.2, -0.15) is 10.0 Å². The van der Waals surface area contributed by atoms with Crippen molar-refractivity contribution in [3.8, 4) is 0 Å². The number of carbonyl (C=O) groups is 4. The molecule has 0 aromatic heterocycles. The zero-order valence-electron chi connectivity index (χ0n) is 14.9. The zero-order chi connectivity index (χ0) is 19.7. The van der Waals surface area contributed by atoms with Crippen molar-refractivity contribution in [3.05, 3.63) is 46.5 Å². The molecule has 0 atom stereocenters. The maximum absolute atomic E-state index is 11.9. The number of hydrogen-bond donors (Lipinski definition) is 0. The summed E-state index contributed by atoms with van der Waals surface area (Å²) in [4.78, 5) is 49.7. The van der Waals surface area contributed by atoms with Crippen LogP contribution < -0.4 is 0 Å². The quantitative estimate of drug-likeness (QED) is 0.495. The zero-order valence-corrected chi connectivity index (χ0v) is 16.6. The standard InChI is InChI=1S/C18H18N4O4S2/c23-15-5-6-16(24)21(15)19-9-1-3-13(11-19)27-28-14-4-2-10-20(12-14)22-17(25)7-8-18(22)26/h1-4,9-10H,5-8,11-12H2.